The van der Waals surface area contributed by atoms with Crippen molar-refractivity contribution in [3.63, 3.8) is 0 Å². The Labute approximate surface area is 80.8 Å². The topological polar surface area (TPSA) is 75.3 Å². The summed E-state index contributed by atoms with van der Waals surface area (Å²) in [7, 11) is 2.17. The molecule has 4 N–H and O–H groups in total. The maximum Gasteiger partial charge on any atom is 0.320 e. The van der Waals surface area contributed by atoms with Gasteiger partial charge in [-0.3, -0.25) is 4.79 Å². The van der Waals surface area contributed by atoms with Crippen LogP contribution in [0.15, 0.2) is 0 Å². The molecular weight excluding hydrogens is 166 g/mol. The summed E-state index contributed by atoms with van der Waals surface area (Å²) in [5.41, 5.74) is 5.34. The third-order valence-electron chi connectivity index (χ3n) is 1.86. The Morgan fingerprint density at radius 2 is 2.31 bits per heavy atom. The number of nitrogens with two attached hydrogens (primary N) is 1. The normalized spacial score (nSPS) is 12.2. The Balaban J connectivity index is 3.11. The van der Waals surface area contributed by atoms with Crippen molar-refractivity contribution in [3.8, 4) is 0 Å². The molecule has 0 aliphatic heterocycles. The molecule has 74 valence electrons. The number of rotatable bonds is 8. The quantitative estimate of drug-likeness (QED) is 0.330. The minimum absolute atomic E-state index is 0.573. The van der Waals surface area contributed by atoms with Crippen molar-refractivity contribution in [1.82, 2.24) is 5.23 Å². The fraction of sp³-hybridized carbons (Fsp3) is 0.857. The molecule has 0 saturated heterocycles. The number of unbranched alkanes of at least 4 members (excludes halogenated alkanes) is 1. The summed E-state index contributed by atoms with van der Waals surface area (Å²) >= 11 is 0. The average molecular weight is 184 g/mol. The van der Waals surface area contributed by atoms with Crippen LogP contribution in [-0.2, 0) is 4.79 Å². The van der Waals surface area contributed by atoms with Gasteiger partial charge in [0.2, 0.25) is 0 Å². The Kier molecular flexibility index (Phi) is 7.83. The first-order valence-electron chi connectivity index (χ1n) is 4.87. The highest BCUT2D eigenvalue weighted by Crippen LogP contribution is 1.97. The van der Waals surface area contributed by atoms with Gasteiger partial charge >= 0.3 is 5.97 Å². The highest BCUT2D eigenvalue weighted by Gasteiger charge is 2.09. The second-order valence-corrected chi connectivity index (χ2v) is 3.19. The van der Waals surface area contributed by atoms with Gasteiger partial charge in [-0.1, -0.05) is 13.2 Å². The monoisotopic (exact) mass is 184 g/mol. The maximum absolute atomic E-state index is 10.3. The van der Waals surface area contributed by atoms with E-state index >= 15 is 0 Å². The van der Waals surface area contributed by atoms with Crippen molar-refractivity contribution in [3.05, 3.63) is 0 Å². The largest absolute Gasteiger partial charge is 0.480 e. The molecule has 0 aromatic carbocycles. The van der Waals surface area contributed by atoms with Gasteiger partial charge in [-0.2, -0.15) is 0 Å². The summed E-state index contributed by atoms with van der Waals surface area (Å²) < 4.78 is 0. The van der Waals surface area contributed by atoms with Crippen LogP contribution < -0.4 is 11.0 Å². The van der Waals surface area contributed by atoms with E-state index in [0.717, 1.165) is 33.9 Å². The molecule has 0 bridgehead atoms. The molecular formula is C7H18B2N2O2. The zero-order valence-electron chi connectivity index (χ0n) is 8.25. The zero-order valence-corrected chi connectivity index (χ0v) is 8.25. The highest BCUT2D eigenvalue weighted by molar-refractivity contribution is 6.98. The molecule has 0 spiro atoms. The first-order valence-corrected chi connectivity index (χ1v) is 4.87. The van der Waals surface area contributed by atoms with Crippen LogP contribution in [0.1, 0.15) is 19.3 Å². The second kappa shape index (κ2) is 8.13. The van der Waals surface area contributed by atoms with E-state index in [1.165, 1.54) is 0 Å². The minimum atomic E-state index is -0.901. The van der Waals surface area contributed by atoms with Crippen LogP contribution in [0, 0.1) is 0 Å². The van der Waals surface area contributed by atoms with Crippen LogP contribution in [0.4, 0.5) is 0 Å². The Hall–Kier alpha value is -0.480. The number of carboxylic acids is 1. The van der Waals surface area contributed by atoms with Gasteiger partial charge in [0, 0.05) is 0 Å². The van der Waals surface area contributed by atoms with E-state index in [4.69, 9.17) is 10.8 Å². The lowest BCUT2D eigenvalue weighted by Crippen LogP contribution is -2.30. The van der Waals surface area contributed by atoms with Crippen molar-refractivity contribution in [2.75, 3.05) is 6.54 Å². The van der Waals surface area contributed by atoms with Crippen molar-refractivity contribution < 1.29 is 9.90 Å². The molecule has 0 saturated carbocycles. The predicted octanol–water partition coefficient (Wildman–Crippen LogP) is -1.09. The molecule has 13 heavy (non-hydrogen) atoms. The predicted molar refractivity (Wildman–Crippen MR) is 57.6 cm³/mol. The number of hydrogen-bond donors (Lipinski definition) is 3. The first kappa shape index (κ1) is 12.5. The Morgan fingerprint density at radius 3 is 2.85 bits per heavy atom. The van der Waals surface area contributed by atoms with Gasteiger partial charge in [0.1, 0.15) is 13.2 Å². The van der Waals surface area contributed by atoms with E-state index in [1.54, 1.807) is 0 Å². The van der Waals surface area contributed by atoms with E-state index in [0.29, 0.717) is 6.42 Å². The lowest BCUT2D eigenvalue weighted by atomic mass is 9.49. The van der Waals surface area contributed by atoms with E-state index in [-0.39, 0.29) is 0 Å². The number of carbonyl (C=O) groups is 1. The van der Waals surface area contributed by atoms with Crippen LogP contribution in [0.3, 0.4) is 0 Å². The van der Waals surface area contributed by atoms with E-state index in [9.17, 15) is 4.79 Å². The standard InChI is InChI=1S/C7H18B2N2O2/c1-8-9-11-5-3-2-4-6(10)7(12)13/h6,8-9,11H,2-5,10H2,1H3,(H,12,13). The third-order valence-corrected chi connectivity index (χ3v) is 1.86. The van der Waals surface area contributed by atoms with Gasteiger partial charge < -0.3 is 16.1 Å². The van der Waals surface area contributed by atoms with E-state index in [2.05, 4.69) is 12.1 Å². The summed E-state index contributed by atoms with van der Waals surface area (Å²) in [6.07, 6.45) is 2.45. The fourth-order valence-corrected chi connectivity index (χ4v) is 1.04. The van der Waals surface area contributed by atoms with Gasteiger partial charge in [0.05, 0.1) is 0 Å². The molecule has 1 unspecified atom stereocenters. The van der Waals surface area contributed by atoms with Gasteiger partial charge in [0.15, 0.2) is 7.31 Å². The summed E-state index contributed by atoms with van der Waals surface area (Å²) in [5.74, 6) is -0.901. The lowest BCUT2D eigenvalue weighted by molar-refractivity contribution is -0.138. The molecule has 0 aliphatic carbocycles. The molecule has 1 atom stereocenters. The number of carboxylic acid groups (broad SMARTS) is 1. The number of aliphatic carboxylic acids is 1. The molecule has 0 fully saturated rings. The van der Waals surface area contributed by atoms with Crippen LogP contribution >= 0.6 is 0 Å². The van der Waals surface area contributed by atoms with Crippen LogP contribution in [-0.4, -0.2) is 38.1 Å². The molecule has 6 heteroatoms. The average Bonchev–Trinajstić information content (AvgIpc) is 2.10. The summed E-state index contributed by atoms with van der Waals surface area (Å²) in [5, 5.41) is 11.7. The summed E-state index contributed by atoms with van der Waals surface area (Å²) in [4.78, 5) is 10.3. The van der Waals surface area contributed by atoms with Gasteiger partial charge in [-0.05, 0) is 19.4 Å². The highest BCUT2D eigenvalue weighted by atomic mass is 16.4. The van der Waals surface area contributed by atoms with E-state index in [1.807, 2.05) is 0 Å². The van der Waals surface area contributed by atoms with Crippen molar-refractivity contribution in [2.24, 2.45) is 5.73 Å². The SMILES string of the molecule is CBBNCCCCC(N)C(=O)O. The second-order valence-electron chi connectivity index (χ2n) is 3.19. The minimum Gasteiger partial charge on any atom is -0.480 e. The zero-order chi connectivity index (χ0) is 10.1. The molecule has 0 amide bonds. The molecule has 0 heterocycles. The maximum atomic E-state index is 10.3. The van der Waals surface area contributed by atoms with Crippen LogP contribution in [0.5, 0.6) is 0 Å². The Bertz CT molecular complexity index is 146. The van der Waals surface area contributed by atoms with Gasteiger partial charge in [-0.15, -0.1) is 0 Å². The van der Waals surface area contributed by atoms with Gasteiger partial charge in [0.25, 0.3) is 0 Å². The van der Waals surface area contributed by atoms with Crippen molar-refractivity contribution in [1.29, 1.82) is 0 Å². The van der Waals surface area contributed by atoms with E-state index < -0.39 is 12.0 Å². The van der Waals surface area contributed by atoms with Gasteiger partial charge in [-0.25, -0.2) is 0 Å². The lowest BCUT2D eigenvalue weighted by Gasteiger charge is -2.05. The Morgan fingerprint density at radius 1 is 1.62 bits per heavy atom. The van der Waals surface area contributed by atoms with Crippen molar-refractivity contribution >= 4 is 20.4 Å². The van der Waals surface area contributed by atoms with Crippen LogP contribution in [0.2, 0.25) is 6.82 Å². The number of nitrogens with one attached hydrogen (secondary N) is 1. The molecule has 0 aliphatic rings. The van der Waals surface area contributed by atoms with Crippen LogP contribution in [0.25, 0.3) is 0 Å². The number of hydrogen-bond acceptors (Lipinski definition) is 3. The third kappa shape index (κ3) is 7.87. The summed E-state index contributed by atoms with van der Waals surface area (Å²) in [6, 6.07) is -0.689. The summed E-state index contributed by atoms with van der Waals surface area (Å²) in [6.45, 7) is 3.08. The smallest absolute Gasteiger partial charge is 0.320 e. The first-order chi connectivity index (χ1) is 6.18. The molecule has 0 radical (unpaired) electrons. The molecule has 4 nitrogen and oxygen atoms in total. The fourth-order valence-electron chi connectivity index (χ4n) is 1.04. The van der Waals surface area contributed by atoms with Crippen molar-refractivity contribution in [2.45, 2.75) is 32.1 Å². The molecule has 0 rings (SSSR count). The molecule has 0 aromatic rings. The molecule has 0 aromatic heterocycles.